The molecule has 0 aliphatic rings. The lowest BCUT2D eigenvalue weighted by Gasteiger charge is -2.25. The second-order valence-corrected chi connectivity index (χ2v) is 6.51. The molecule has 5 nitrogen and oxygen atoms in total. The number of rotatable bonds is 5. The first-order valence-corrected chi connectivity index (χ1v) is 7.22. The van der Waals surface area contributed by atoms with Crippen LogP contribution in [-0.4, -0.2) is 21.1 Å². The number of anilines is 1. The molecule has 0 bridgehead atoms. The zero-order chi connectivity index (χ0) is 14.0. The monoisotopic (exact) mass is 272 g/mol. The first-order valence-electron chi connectivity index (χ1n) is 5.74. The molecule has 0 atom stereocenters. The summed E-state index contributed by atoms with van der Waals surface area (Å²) in [5, 5.41) is 0. The summed E-state index contributed by atoms with van der Waals surface area (Å²) < 4.78 is 31.2. The lowest BCUT2D eigenvalue weighted by Crippen LogP contribution is -2.27. The predicted molar refractivity (Wildman–Crippen MR) is 72.1 cm³/mol. The number of sulfonamides is 1. The van der Waals surface area contributed by atoms with Crippen LogP contribution in [0.4, 0.5) is 5.69 Å². The molecule has 6 heteroatoms. The van der Waals surface area contributed by atoms with E-state index in [4.69, 9.17) is 10.5 Å². The van der Waals surface area contributed by atoms with Crippen molar-refractivity contribution in [1.82, 2.24) is 4.72 Å². The smallest absolute Gasteiger partial charge is 0.240 e. The van der Waals surface area contributed by atoms with Gasteiger partial charge in [-0.15, -0.1) is 0 Å². The molecular weight excluding hydrogens is 252 g/mol. The molecule has 18 heavy (non-hydrogen) atoms. The second-order valence-electron chi connectivity index (χ2n) is 4.62. The van der Waals surface area contributed by atoms with E-state index in [0.717, 1.165) is 6.42 Å². The van der Waals surface area contributed by atoms with Crippen molar-refractivity contribution in [3.05, 3.63) is 18.2 Å². The van der Waals surface area contributed by atoms with E-state index in [1.54, 1.807) is 6.07 Å². The standard InChI is InChI=1S/C12H20N2O3S/c1-5-12(2,3)17-11-7-6-9(8-10(11)13)18(15,16)14-4/h6-8,14H,5,13H2,1-4H3. The molecule has 0 saturated heterocycles. The van der Waals surface area contributed by atoms with E-state index in [1.165, 1.54) is 19.2 Å². The highest BCUT2D eigenvalue weighted by Crippen LogP contribution is 2.29. The summed E-state index contributed by atoms with van der Waals surface area (Å²) in [6.07, 6.45) is 0.822. The summed E-state index contributed by atoms with van der Waals surface area (Å²) in [7, 11) is -2.11. The highest BCUT2D eigenvalue weighted by molar-refractivity contribution is 7.89. The predicted octanol–water partition coefficient (Wildman–Crippen LogP) is 1.74. The average molecular weight is 272 g/mol. The normalized spacial score (nSPS) is 12.4. The SMILES string of the molecule is CCC(C)(C)Oc1ccc(S(=O)(=O)NC)cc1N. The second kappa shape index (κ2) is 5.16. The Morgan fingerprint density at radius 1 is 1.39 bits per heavy atom. The van der Waals surface area contributed by atoms with E-state index < -0.39 is 10.0 Å². The molecule has 1 aromatic carbocycles. The number of hydrogen-bond donors (Lipinski definition) is 2. The van der Waals surface area contributed by atoms with Crippen molar-refractivity contribution in [3.63, 3.8) is 0 Å². The minimum Gasteiger partial charge on any atom is -0.486 e. The highest BCUT2D eigenvalue weighted by Gasteiger charge is 2.19. The zero-order valence-electron chi connectivity index (χ0n) is 11.1. The van der Waals surface area contributed by atoms with Crippen LogP contribution in [0, 0.1) is 0 Å². The third kappa shape index (κ3) is 3.36. The number of hydrogen-bond acceptors (Lipinski definition) is 4. The Morgan fingerprint density at radius 3 is 2.44 bits per heavy atom. The highest BCUT2D eigenvalue weighted by atomic mass is 32.2. The molecule has 0 amide bonds. The summed E-state index contributed by atoms with van der Waals surface area (Å²) >= 11 is 0. The topological polar surface area (TPSA) is 81.4 Å². The van der Waals surface area contributed by atoms with Gasteiger partial charge < -0.3 is 10.5 Å². The number of nitrogens with two attached hydrogens (primary N) is 1. The van der Waals surface area contributed by atoms with Crippen LogP contribution in [0.1, 0.15) is 27.2 Å². The van der Waals surface area contributed by atoms with E-state index in [-0.39, 0.29) is 10.5 Å². The average Bonchev–Trinajstić information content (AvgIpc) is 2.31. The van der Waals surface area contributed by atoms with Crippen molar-refractivity contribution < 1.29 is 13.2 Å². The summed E-state index contributed by atoms with van der Waals surface area (Å²) in [4.78, 5) is 0.129. The van der Waals surface area contributed by atoms with Crippen LogP contribution < -0.4 is 15.2 Å². The lowest BCUT2D eigenvalue weighted by molar-refractivity contribution is 0.106. The fraction of sp³-hybridized carbons (Fsp3) is 0.500. The Labute approximate surface area is 108 Å². The molecular formula is C12H20N2O3S. The summed E-state index contributed by atoms with van der Waals surface area (Å²) in [5.74, 6) is 0.497. The zero-order valence-corrected chi connectivity index (χ0v) is 12.0. The maximum atomic E-state index is 11.6. The Hall–Kier alpha value is -1.27. The molecule has 0 heterocycles. The van der Waals surface area contributed by atoms with Gasteiger partial charge in [0.1, 0.15) is 11.4 Å². The molecule has 0 radical (unpaired) electrons. The van der Waals surface area contributed by atoms with Crippen molar-refractivity contribution in [2.45, 2.75) is 37.7 Å². The van der Waals surface area contributed by atoms with Crippen LogP contribution in [0.5, 0.6) is 5.75 Å². The molecule has 3 N–H and O–H groups in total. The van der Waals surface area contributed by atoms with Gasteiger partial charge in [0.25, 0.3) is 0 Å². The molecule has 1 aromatic rings. The summed E-state index contributed by atoms with van der Waals surface area (Å²) in [6.45, 7) is 5.91. The van der Waals surface area contributed by atoms with Gasteiger partial charge >= 0.3 is 0 Å². The van der Waals surface area contributed by atoms with Gasteiger partial charge in [0, 0.05) is 0 Å². The maximum Gasteiger partial charge on any atom is 0.240 e. The van der Waals surface area contributed by atoms with Crippen molar-refractivity contribution in [1.29, 1.82) is 0 Å². The Morgan fingerprint density at radius 2 is 2.00 bits per heavy atom. The fourth-order valence-electron chi connectivity index (χ4n) is 1.27. The minimum atomic E-state index is -3.47. The van der Waals surface area contributed by atoms with E-state index in [9.17, 15) is 8.42 Å². The fourth-order valence-corrected chi connectivity index (χ4v) is 2.04. The summed E-state index contributed by atoms with van der Waals surface area (Å²) in [5.41, 5.74) is 5.79. The van der Waals surface area contributed by atoms with Gasteiger partial charge in [-0.2, -0.15) is 0 Å². The summed E-state index contributed by atoms with van der Waals surface area (Å²) in [6, 6.07) is 4.45. The van der Waals surface area contributed by atoms with Crippen molar-refractivity contribution in [3.8, 4) is 5.75 Å². The molecule has 0 aliphatic heterocycles. The molecule has 0 saturated carbocycles. The Kier molecular flexibility index (Phi) is 4.24. The van der Waals surface area contributed by atoms with Crippen molar-refractivity contribution in [2.24, 2.45) is 0 Å². The largest absolute Gasteiger partial charge is 0.486 e. The van der Waals surface area contributed by atoms with Gasteiger partial charge in [-0.3, -0.25) is 0 Å². The van der Waals surface area contributed by atoms with Crippen LogP contribution in [-0.2, 0) is 10.0 Å². The van der Waals surface area contributed by atoms with Gasteiger partial charge in [0.05, 0.1) is 10.6 Å². The number of ether oxygens (including phenoxy) is 1. The van der Waals surface area contributed by atoms with E-state index in [0.29, 0.717) is 11.4 Å². The van der Waals surface area contributed by atoms with Crippen LogP contribution in [0.3, 0.4) is 0 Å². The Bertz CT molecular complexity index is 524. The molecule has 1 rings (SSSR count). The minimum absolute atomic E-state index is 0.129. The quantitative estimate of drug-likeness (QED) is 0.800. The van der Waals surface area contributed by atoms with Gasteiger partial charge in [0.15, 0.2) is 0 Å². The molecule has 0 aromatic heterocycles. The molecule has 0 unspecified atom stereocenters. The number of nitrogens with one attached hydrogen (secondary N) is 1. The lowest BCUT2D eigenvalue weighted by atomic mass is 10.1. The van der Waals surface area contributed by atoms with Crippen molar-refractivity contribution >= 4 is 15.7 Å². The first-order chi connectivity index (χ1) is 8.22. The number of benzene rings is 1. The molecule has 0 fully saturated rings. The van der Waals surface area contributed by atoms with E-state index in [2.05, 4.69) is 4.72 Å². The molecule has 102 valence electrons. The Balaban J connectivity index is 3.08. The first kappa shape index (κ1) is 14.8. The van der Waals surface area contributed by atoms with Crippen LogP contribution in [0.2, 0.25) is 0 Å². The molecule has 0 spiro atoms. The maximum absolute atomic E-state index is 11.6. The molecule has 0 aliphatic carbocycles. The van der Waals surface area contributed by atoms with E-state index >= 15 is 0 Å². The van der Waals surface area contributed by atoms with Crippen LogP contribution >= 0.6 is 0 Å². The third-order valence-electron chi connectivity index (χ3n) is 2.80. The van der Waals surface area contributed by atoms with E-state index in [1.807, 2.05) is 20.8 Å². The van der Waals surface area contributed by atoms with Crippen molar-refractivity contribution in [2.75, 3.05) is 12.8 Å². The van der Waals surface area contributed by atoms with Crippen LogP contribution in [0.15, 0.2) is 23.1 Å². The number of nitrogen functional groups attached to an aromatic ring is 1. The van der Waals surface area contributed by atoms with Gasteiger partial charge in [0.2, 0.25) is 10.0 Å². The van der Waals surface area contributed by atoms with Gasteiger partial charge in [-0.25, -0.2) is 13.1 Å². The van der Waals surface area contributed by atoms with Gasteiger partial charge in [-0.1, -0.05) is 6.92 Å². The van der Waals surface area contributed by atoms with Crippen LogP contribution in [0.25, 0.3) is 0 Å². The third-order valence-corrected chi connectivity index (χ3v) is 4.21. The van der Waals surface area contributed by atoms with Gasteiger partial charge in [-0.05, 0) is 45.5 Å².